The Hall–Kier alpha value is -0.610. The van der Waals surface area contributed by atoms with Crippen LogP contribution in [-0.2, 0) is 9.47 Å². The number of nitrogens with one attached hydrogen (secondary N) is 1. The van der Waals surface area contributed by atoms with Crippen LogP contribution >= 0.6 is 11.6 Å². The van der Waals surface area contributed by atoms with E-state index in [1.165, 1.54) is 5.56 Å². The van der Waals surface area contributed by atoms with Gasteiger partial charge in [-0.1, -0.05) is 30.7 Å². The van der Waals surface area contributed by atoms with E-state index < -0.39 is 0 Å². The molecule has 0 radical (unpaired) electrons. The van der Waals surface area contributed by atoms with Gasteiger partial charge in [-0.05, 0) is 31.2 Å². The topological polar surface area (TPSA) is 30.5 Å². The van der Waals surface area contributed by atoms with Gasteiger partial charge in [-0.25, -0.2) is 0 Å². The Morgan fingerprint density at radius 2 is 1.90 bits per heavy atom. The Kier molecular flexibility index (Phi) is 5.85. The van der Waals surface area contributed by atoms with Gasteiger partial charge in [0.2, 0.25) is 0 Å². The zero-order valence-corrected chi connectivity index (χ0v) is 13.1. The third-order valence-electron chi connectivity index (χ3n) is 3.91. The van der Waals surface area contributed by atoms with Gasteiger partial charge in [0, 0.05) is 37.7 Å². The summed E-state index contributed by atoms with van der Waals surface area (Å²) in [7, 11) is 0. The van der Waals surface area contributed by atoms with E-state index in [1.54, 1.807) is 0 Å². The first-order chi connectivity index (χ1) is 9.72. The van der Waals surface area contributed by atoms with Gasteiger partial charge in [0.25, 0.3) is 0 Å². The lowest BCUT2D eigenvalue weighted by molar-refractivity contribution is -0.127. The molecule has 0 aromatic heterocycles. The third-order valence-corrected chi connectivity index (χ3v) is 4.16. The highest BCUT2D eigenvalue weighted by Gasteiger charge is 2.41. The van der Waals surface area contributed by atoms with Crippen LogP contribution in [0.4, 0.5) is 0 Å². The Bertz CT molecular complexity index is 396. The molecule has 1 aliphatic heterocycles. The zero-order valence-electron chi connectivity index (χ0n) is 12.3. The minimum absolute atomic E-state index is 0.175. The summed E-state index contributed by atoms with van der Waals surface area (Å²) in [5.74, 6) is 0. The number of benzene rings is 1. The summed E-state index contributed by atoms with van der Waals surface area (Å²) < 4.78 is 11.7. The molecule has 3 nitrogen and oxygen atoms in total. The largest absolute Gasteiger partial charge is 0.381 e. The van der Waals surface area contributed by atoms with E-state index in [1.807, 2.05) is 12.1 Å². The summed E-state index contributed by atoms with van der Waals surface area (Å²) in [4.78, 5) is 0. The van der Waals surface area contributed by atoms with Gasteiger partial charge in [-0.3, -0.25) is 0 Å². The third kappa shape index (κ3) is 3.53. The molecule has 1 aromatic rings. The highest BCUT2D eigenvalue weighted by atomic mass is 35.5. The molecule has 1 aliphatic rings. The summed E-state index contributed by atoms with van der Waals surface area (Å²) in [5.41, 5.74) is 1.04. The average molecular weight is 298 g/mol. The smallest absolute Gasteiger partial charge is 0.0919 e. The van der Waals surface area contributed by atoms with Gasteiger partial charge in [0.05, 0.1) is 11.6 Å². The summed E-state index contributed by atoms with van der Waals surface area (Å²) in [6.07, 6.45) is 1.84. The Labute approximate surface area is 126 Å². The van der Waals surface area contributed by atoms with Gasteiger partial charge in [0.15, 0.2) is 0 Å². The second-order valence-electron chi connectivity index (χ2n) is 5.15. The molecule has 20 heavy (non-hydrogen) atoms. The monoisotopic (exact) mass is 297 g/mol. The molecule has 0 aliphatic carbocycles. The summed E-state index contributed by atoms with van der Waals surface area (Å²) in [5, 5.41) is 4.36. The fourth-order valence-electron chi connectivity index (χ4n) is 2.99. The highest BCUT2D eigenvalue weighted by Crippen LogP contribution is 2.38. The maximum atomic E-state index is 6.19. The van der Waals surface area contributed by atoms with Gasteiger partial charge < -0.3 is 14.8 Å². The van der Waals surface area contributed by atoms with Crippen LogP contribution < -0.4 is 5.32 Å². The fourth-order valence-corrected chi connectivity index (χ4v) is 3.11. The van der Waals surface area contributed by atoms with E-state index >= 15 is 0 Å². The minimum Gasteiger partial charge on any atom is -0.381 e. The van der Waals surface area contributed by atoms with Crippen LogP contribution in [0.2, 0.25) is 5.02 Å². The van der Waals surface area contributed by atoms with Crippen LogP contribution in [-0.4, -0.2) is 32.0 Å². The zero-order chi connectivity index (χ0) is 14.4. The van der Waals surface area contributed by atoms with Crippen molar-refractivity contribution in [2.24, 2.45) is 0 Å². The molecule has 0 amide bonds. The van der Waals surface area contributed by atoms with Crippen molar-refractivity contribution >= 4 is 11.6 Å². The molecule has 0 saturated carbocycles. The molecule has 1 fully saturated rings. The summed E-state index contributed by atoms with van der Waals surface area (Å²) in [6.45, 7) is 7.33. The Balaban J connectivity index is 2.30. The highest BCUT2D eigenvalue weighted by molar-refractivity contribution is 6.30. The molecule has 4 heteroatoms. The van der Waals surface area contributed by atoms with Crippen LogP contribution in [0.5, 0.6) is 0 Å². The van der Waals surface area contributed by atoms with E-state index in [2.05, 4.69) is 31.3 Å². The van der Waals surface area contributed by atoms with Gasteiger partial charge in [-0.2, -0.15) is 0 Å². The van der Waals surface area contributed by atoms with E-state index in [9.17, 15) is 0 Å². The van der Waals surface area contributed by atoms with Crippen molar-refractivity contribution in [1.29, 1.82) is 0 Å². The molecule has 0 bridgehead atoms. The molecular formula is C16H24ClNO2. The number of hydrogen-bond donors (Lipinski definition) is 1. The van der Waals surface area contributed by atoms with Crippen molar-refractivity contribution in [3.63, 3.8) is 0 Å². The predicted molar refractivity (Wildman–Crippen MR) is 82.3 cm³/mol. The number of halogens is 1. The molecule has 1 aromatic carbocycles. The number of rotatable bonds is 6. The van der Waals surface area contributed by atoms with Crippen molar-refractivity contribution in [2.75, 3.05) is 26.4 Å². The van der Waals surface area contributed by atoms with Crippen molar-refractivity contribution in [3.8, 4) is 0 Å². The lowest BCUT2D eigenvalue weighted by atomic mass is 9.82. The fraction of sp³-hybridized carbons (Fsp3) is 0.625. The molecule has 1 atom stereocenters. The molecular weight excluding hydrogens is 274 g/mol. The van der Waals surface area contributed by atoms with E-state index in [-0.39, 0.29) is 11.6 Å². The molecule has 1 heterocycles. The second kappa shape index (κ2) is 7.41. The normalized spacial score (nSPS) is 19.8. The van der Waals surface area contributed by atoms with Crippen molar-refractivity contribution in [1.82, 2.24) is 5.32 Å². The Morgan fingerprint density at radius 1 is 1.25 bits per heavy atom. The first-order valence-corrected chi connectivity index (χ1v) is 7.80. The van der Waals surface area contributed by atoms with E-state index in [0.717, 1.165) is 44.2 Å². The van der Waals surface area contributed by atoms with Crippen molar-refractivity contribution < 1.29 is 9.47 Å². The van der Waals surface area contributed by atoms with Crippen LogP contribution in [0, 0.1) is 0 Å². The second-order valence-corrected chi connectivity index (χ2v) is 5.59. The lowest BCUT2D eigenvalue weighted by Crippen LogP contribution is -2.50. The predicted octanol–water partition coefficient (Wildman–Crippen LogP) is 3.58. The molecule has 112 valence electrons. The van der Waals surface area contributed by atoms with Crippen LogP contribution in [0.1, 0.15) is 38.3 Å². The molecule has 2 rings (SSSR count). The van der Waals surface area contributed by atoms with Gasteiger partial charge >= 0.3 is 0 Å². The summed E-state index contributed by atoms with van der Waals surface area (Å²) >= 11 is 6.00. The average Bonchev–Trinajstić information content (AvgIpc) is 2.47. The number of hydrogen-bond acceptors (Lipinski definition) is 3. The molecule has 1 saturated heterocycles. The van der Waals surface area contributed by atoms with Gasteiger partial charge in [0.1, 0.15) is 0 Å². The quantitative estimate of drug-likeness (QED) is 0.870. The molecule has 0 spiro atoms. The first kappa shape index (κ1) is 15.8. The number of likely N-dealkylation sites (N-methyl/N-ethyl adjacent to an activating group) is 1. The first-order valence-electron chi connectivity index (χ1n) is 7.42. The summed E-state index contributed by atoms with van der Waals surface area (Å²) in [6, 6.07) is 8.24. The maximum Gasteiger partial charge on any atom is 0.0919 e. The van der Waals surface area contributed by atoms with Crippen molar-refractivity contribution in [2.45, 2.75) is 38.3 Å². The molecule has 1 N–H and O–H groups in total. The maximum absolute atomic E-state index is 6.19. The van der Waals surface area contributed by atoms with Crippen LogP contribution in [0.15, 0.2) is 24.3 Å². The van der Waals surface area contributed by atoms with Crippen molar-refractivity contribution in [3.05, 3.63) is 34.9 Å². The SMILES string of the molecule is CCNC(c1ccc(Cl)cc1)C1(OCC)CCOCC1. The molecule has 1 unspecified atom stereocenters. The van der Waals surface area contributed by atoms with Crippen LogP contribution in [0.25, 0.3) is 0 Å². The van der Waals surface area contributed by atoms with Crippen LogP contribution in [0.3, 0.4) is 0 Å². The van der Waals surface area contributed by atoms with E-state index in [0.29, 0.717) is 0 Å². The lowest BCUT2D eigenvalue weighted by Gasteiger charge is -2.43. The Morgan fingerprint density at radius 3 is 2.45 bits per heavy atom. The van der Waals surface area contributed by atoms with Gasteiger partial charge in [-0.15, -0.1) is 0 Å². The number of ether oxygens (including phenoxy) is 2. The minimum atomic E-state index is -0.184. The van der Waals surface area contributed by atoms with E-state index in [4.69, 9.17) is 21.1 Å². The standard InChI is InChI=1S/C16H24ClNO2/c1-3-18-15(13-5-7-14(17)8-6-13)16(20-4-2)9-11-19-12-10-16/h5-8,15,18H,3-4,9-12H2,1-2H3.